The number of para-hydroxylation sites is 1. The number of aromatic nitrogens is 2. The molecule has 2 rings (SSSR count). The van der Waals surface area contributed by atoms with Gasteiger partial charge in [0.05, 0.1) is 0 Å². The molecular formula is C9H7IrN2-. The van der Waals surface area contributed by atoms with Crippen LogP contribution in [-0.4, -0.2) is 9.55 Å². The van der Waals surface area contributed by atoms with Gasteiger partial charge in [-0.2, -0.15) is 0 Å². The van der Waals surface area contributed by atoms with E-state index in [4.69, 9.17) is 0 Å². The van der Waals surface area contributed by atoms with Crippen molar-refractivity contribution >= 4 is 0 Å². The van der Waals surface area contributed by atoms with E-state index in [1.54, 1.807) is 6.20 Å². The van der Waals surface area contributed by atoms with E-state index in [-0.39, 0.29) is 20.1 Å². The number of imidazole rings is 1. The van der Waals surface area contributed by atoms with Gasteiger partial charge < -0.3 is 9.55 Å². The molecule has 0 aliphatic heterocycles. The molecule has 2 nitrogen and oxygen atoms in total. The minimum absolute atomic E-state index is 0. The van der Waals surface area contributed by atoms with E-state index < -0.39 is 0 Å². The first kappa shape index (κ1) is 9.17. The number of rotatable bonds is 1. The van der Waals surface area contributed by atoms with Crippen LogP contribution in [0.4, 0.5) is 0 Å². The van der Waals surface area contributed by atoms with E-state index in [0.717, 1.165) is 5.69 Å². The first-order valence-corrected chi connectivity index (χ1v) is 3.43. The Morgan fingerprint density at radius 3 is 2.50 bits per heavy atom. The van der Waals surface area contributed by atoms with Crippen molar-refractivity contribution in [3.63, 3.8) is 0 Å². The van der Waals surface area contributed by atoms with Crippen molar-refractivity contribution in [2.45, 2.75) is 0 Å². The predicted molar refractivity (Wildman–Crippen MR) is 42.4 cm³/mol. The Hall–Kier alpha value is -0.921. The summed E-state index contributed by atoms with van der Waals surface area (Å²) in [5.74, 6) is 0. The third-order valence-corrected chi connectivity index (χ3v) is 1.49. The summed E-state index contributed by atoms with van der Waals surface area (Å²) in [5, 5.41) is 0. The zero-order valence-corrected chi connectivity index (χ0v) is 8.66. The Bertz CT molecular complexity index is 316. The summed E-state index contributed by atoms with van der Waals surface area (Å²) in [6.07, 6.45) is 6.41. The molecule has 0 unspecified atom stereocenters. The van der Waals surface area contributed by atoms with Crippen LogP contribution in [0.2, 0.25) is 0 Å². The molecule has 0 amide bonds. The standard InChI is InChI=1S/C9H7N2.Ir/c1-2-4-9(5-3-1)11-7-6-10-8-11;/h1-7H;/q-1;. The predicted octanol–water partition coefficient (Wildman–Crippen LogP) is 1.67. The van der Waals surface area contributed by atoms with E-state index in [9.17, 15) is 0 Å². The van der Waals surface area contributed by atoms with Crippen molar-refractivity contribution in [1.82, 2.24) is 9.55 Å². The molecule has 0 bridgehead atoms. The number of hydrogen-bond donors (Lipinski definition) is 0. The molecule has 0 fully saturated rings. The second kappa shape index (κ2) is 4.19. The maximum atomic E-state index is 3.84. The summed E-state index contributed by atoms with van der Waals surface area (Å²) in [4.78, 5) is 3.84. The molecule has 63 valence electrons. The van der Waals surface area contributed by atoms with Crippen LogP contribution in [-0.2, 0) is 20.1 Å². The second-order valence-electron chi connectivity index (χ2n) is 2.23. The summed E-state index contributed by atoms with van der Waals surface area (Å²) in [7, 11) is 0. The summed E-state index contributed by atoms with van der Waals surface area (Å²) in [5.41, 5.74) is 1.09. The first-order valence-electron chi connectivity index (χ1n) is 3.43. The van der Waals surface area contributed by atoms with Crippen LogP contribution < -0.4 is 0 Å². The molecule has 1 aromatic carbocycles. The summed E-state index contributed by atoms with van der Waals surface area (Å²) >= 11 is 0. The Morgan fingerprint density at radius 1 is 1.17 bits per heavy atom. The quantitative estimate of drug-likeness (QED) is 0.725. The number of benzene rings is 1. The van der Waals surface area contributed by atoms with Gasteiger partial charge in [-0.15, -0.1) is 0 Å². The fourth-order valence-corrected chi connectivity index (χ4v) is 0.961. The third-order valence-electron chi connectivity index (χ3n) is 1.49. The fraction of sp³-hybridized carbons (Fsp3) is 0. The molecule has 1 heterocycles. The largest absolute Gasteiger partial charge is 0.433 e. The van der Waals surface area contributed by atoms with E-state index in [0.29, 0.717) is 0 Å². The topological polar surface area (TPSA) is 17.8 Å². The monoisotopic (exact) mass is 336 g/mol. The molecule has 0 saturated heterocycles. The molecule has 2 aromatic rings. The van der Waals surface area contributed by atoms with Gasteiger partial charge in [0.25, 0.3) is 0 Å². The molecular weight excluding hydrogens is 328 g/mol. The van der Waals surface area contributed by atoms with Crippen LogP contribution in [0.5, 0.6) is 0 Å². The number of hydrogen-bond acceptors (Lipinski definition) is 1. The van der Waals surface area contributed by atoms with Gasteiger partial charge in [-0.1, -0.05) is 42.7 Å². The van der Waals surface area contributed by atoms with Crippen molar-refractivity contribution in [3.8, 4) is 5.69 Å². The van der Waals surface area contributed by atoms with Crippen molar-refractivity contribution < 1.29 is 20.1 Å². The molecule has 1 aromatic heterocycles. The SMILES string of the molecule is [Ir].[c-]1nccn1-c1ccccc1. The molecule has 0 atom stereocenters. The van der Waals surface area contributed by atoms with Gasteiger partial charge in [0, 0.05) is 26.4 Å². The van der Waals surface area contributed by atoms with E-state index in [2.05, 4.69) is 11.3 Å². The minimum atomic E-state index is 0. The van der Waals surface area contributed by atoms with Crippen LogP contribution in [0.25, 0.3) is 5.69 Å². The maximum Gasteiger partial charge on any atom is 0.0407 e. The van der Waals surface area contributed by atoms with Gasteiger partial charge in [0.15, 0.2) is 0 Å². The molecule has 1 radical (unpaired) electrons. The fourth-order valence-electron chi connectivity index (χ4n) is 0.961. The average molecular weight is 335 g/mol. The molecule has 0 saturated carbocycles. The van der Waals surface area contributed by atoms with Gasteiger partial charge in [-0.25, -0.2) is 0 Å². The van der Waals surface area contributed by atoms with Gasteiger partial charge >= 0.3 is 0 Å². The van der Waals surface area contributed by atoms with Crippen molar-refractivity contribution in [2.24, 2.45) is 0 Å². The molecule has 0 spiro atoms. The normalized spacial score (nSPS) is 9.00. The molecule has 0 N–H and O–H groups in total. The molecule has 0 aliphatic carbocycles. The van der Waals surface area contributed by atoms with Gasteiger partial charge in [0.1, 0.15) is 0 Å². The first-order chi connectivity index (χ1) is 5.47. The molecule has 3 heteroatoms. The van der Waals surface area contributed by atoms with Crippen molar-refractivity contribution in [2.75, 3.05) is 0 Å². The Balaban J connectivity index is 0.000000720. The Labute approximate surface area is 84.6 Å². The Morgan fingerprint density at radius 2 is 1.92 bits per heavy atom. The van der Waals surface area contributed by atoms with Gasteiger partial charge in [0.2, 0.25) is 0 Å². The second-order valence-corrected chi connectivity index (χ2v) is 2.23. The smallest absolute Gasteiger partial charge is 0.0407 e. The van der Waals surface area contributed by atoms with Crippen LogP contribution in [0, 0.1) is 6.33 Å². The third kappa shape index (κ3) is 1.81. The van der Waals surface area contributed by atoms with E-state index in [1.807, 2.05) is 41.1 Å². The van der Waals surface area contributed by atoms with Crippen LogP contribution >= 0.6 is 0 Å². The van der Waals surface area contributed by atoms with Crippen LogP contribution in [0.3, 0.4) is 0 Å². The zero-order chi connectivity index (χ0) is 7.52. The van der Waals surface area contributed by atoms with Crippen molar-refractivity contribution in [1.29, 1.82) is 0 Å². The van der Waals surface area contributed by atoms with Crippen LogP contribution in [0.1, 0.15) is 0 Å². The summed E-state index contributed by atoms with van der Waals surface area (Å²) in [6.45, 7) is 0. The van der Waals surface area contributed by atoms with Crippen molar-refractivity contribution in [3.05, 3.63) is 49.1 Å². The molecule has 0 aliphatic rings. The van der Waals surface area contributed by atoms with Gasteiger partial charge in [-0.3, -0.25) is 0 Å². The summed E-state index contributed by atoms with van der Waals surface area (Å²) < 4.78 is 1.85. The average Bonchev–Trinajstić information content (AvgIpc) is 2.58. The Kier molecular flexibility index (Phi) is 3.20. The molecule has 12 heavy (non-hydrogen) atoms. The van der Waals surface area contributed by atoms with Crippen LogP contribution in [0.15, 0.2) is 42.7 Å². The summed E-state index contributed by atoms with van der Waals surface area (Å²) in [6, 6.07) is 9.99. The minimum Gasteiger partial charge on any atom is -0.433 e. The van der Waals surface area contributed by atoms with Gasteiger partial charge in [-0.05, 0) is 5.69 Å². The maximum absolute atomic E-state index is 3.84. The number of nitrogens with zero attached hydrogens (tertiary/aromatic N) is 2. The van der Waals surface area contributed by atoms with E-state index >= 15 is 0 Å². The zero-order valence-electron chi connectivity index (χ0n) is 6.27. The van der Waals surface area contributed by atoms with E-state index in [1.165, 1.54) is 0 Å².